The first-order valence-electron chi connectivity index (χ1n) is 10.8. The van der Waals surface area contributed by atoms with E-state index in [4.69, 9.17) is 4.74 Å². The highest BCUT2D eigenvalue weighted by Gasteiger charge is 2.26. The van der Waals surface area contributed by atoms with Crippen LogP contribution in [-0.4, -0.2) is 46.5 Å². The Morgan fingerprint density at radius 1 is 1.09 bits per heavy atom. The number of carbonyl (C=O) groups is 2. The van der Waals surface area contributed by atoms with Crippen LogP contribution in [0.4, 0.5) is 11.6 Å². The fourth-order valence-electron chi connectivity index (χ4n) is 3.72. The normalized spacial score (nSPS) is 14.1. The summed E-state index contributed by atoms with van der Waals surface area (Å²) in [6.45, 7) is 3.59. The monoisotopic (exact) mass is 509 g/mol. The highest BCUT2D eigenvalue weighted by atomic mass is 79.9. The summed E-state index contributed by atoms with van der Waals surface area (Å²) in [6.07, 6.45) is 6.17. The maximum Gasteiger partial charge on any atom is 0.309 e. The Hall–Kier alpha value is -3.33. The number of hydrogen-bond acceptors (Lipinski definition) is 7. The zero-order chi connectivity index (χ0) is 23.2. The van der Waals surface area contributed by atoms with E-state index in [2.05, 4.69) is 41.1 Å². The molecular weight excluding hydrogens is 486 g/mol. The van der Waals surface area contributed by atoms with E-state index in [1.807, 2.05) is 37.3 Å². The smallest absolute Gasteiger partial charge is 0.309 e. The Balaban J connectivity index is 1.36. The van der Waals surface area contributed by atoms with Crippen LogP contribution in [0.25, 0.3) is 11.1 Å². The van der Waals surface area contributed by atoms with Gasteiger partial charge < -0.3 is 15.0 Å². The van der Waals surface area contributed by atoms with Crippen molar-refractivity contribution in [3.8, 4) is 11.1 Å². The van der Waals surface area contributed by atoms with Crippen molar-refractivity contribution in [2.24, 2.45) is 5.92 Å². The first-order chi connectivity index (χ1) is 16.0. The molecule has 33 heavy (non-hydrogen) atoms. The Morgan fingerprint density at radius 3 is 2.48 bits per heavy atom. The van der Waals surface area contributed by atoms with E-state index in [1.165, 1.54) is 6.20 Å². The lowest BCUT2D eigenvalue weighted by atomic mass is 9.97. The van der Waals surface area contributed by atoms with Crippen molar-refractivity contribution in [3.63, 3.8) is 0 Å². The highest BCUT2D eigenvalue weighted by Crippen LogP contribution is 2.29. The largest absolute Gasteiger partial charge is 0.466 e. The van der Waals surface area contributed by atoms with Crippen molar-refractivity contribution < 1.29 is 14.3 Å². The van der Waals surface area contributed by atoms with Gasteiger partial charge in [0.1, 0.15) is 17.3 Å². The van der Waals surface area contributed by atoms with Gasteiger partial charge in [0.05, 0.1) is 24.9 Å². The fraction of sp³-hybridized carbons (Fsp3) is 0.292. The van der Waals surface area contributed by atoms with Gasteiger partial charge in [-0.3, -0.25) is 9.59 Å². The summed E-state index contributed by atoms with van der Waals surface area (Å²) in [7, 11) is 0. The molecule has 0 bridgehead atoms. The molecule has 0 atom stereocenters. The van der Waals surface area contributed by atoms with Gasteiger partial charge in [-0.2, -0.15) is 0 Å². The minimum Gasteiger partial charge on any atom is -0.466 e. The fourth-order valence-corrected chi connectivity index (χ4v) is 4.26. The van der Waals surface area contributed by atoms with E-state index in [1.54, 1.807) is 18.5 Å². The molecule has 9 heteroatoms. The summed E-state index contributed by atoms with van der Waals surface area (Å²) in [5.74, 6) is 0.508. The average Bonchev–Trinajstić information content (AvgIpc) is 2.85. The number of amides is 1. The third kappa shape index (κ3) is 5.54. The lowest BCUT2D eigenvalue weighted by molar-refractivity contribution is -0.148. The number of nitrogens with zero attached hydrogens (tertiary/aromatic N) is 4. The number of carbonyl (C=O) groups excluding carboxylic acids is 2. The Bertz CT molecular complexity index is 1120. The number of hydrogen-bond donors (Lipinski definition) is 1. The first kappa shape index (κ1) is 22.8. The Morgan fingerprint density at radius 2 is 1.85 bits per heavy atom. The van der Waals surface area contributed by atoms with Crippen LogP contribution in [0.5, 0.6) is 0 Å². The molecule has 0 radical (unpaired) electrons. The molecule has 1 aliphatic rings. The van der Waals surface area contributed by atoms with Crippen molar-refractivity contribution in [2.75, 3.05) is 29.9 Å². The second kappa shape index (κ2) is 10.5. The number of halogens is 1. The van der Waals surface area contributed by atoms with Crippen LogP contribution in [-0.2, 0) is 9.53 Å². The van der Waals surface area contributed by atoms with Crippen LogP contribution < -0.4 is 10.2 Å². The summed E-state index contributed by atoms with van der Waals surface area (Å²) in [5, 5.41) is 2.76. The van der Waals surface area contributed by atoms with Gasteiger partial charge in [-0.25, -0.2) is 15.0 Å². The zero-order valence-electron chi connectivity index (χ0n) is 18.2. The van der Waals surface area contributed by atoms with Crippen LogP contribution in [0.15, 0.2) is 59.5 Å². The van der Waals surface area contributed by atoms with Crippen LogP contribution in [0.1, 0.15) is 30.3 Å². The van der Waals surface area contributed by atoms with Crippen molar-refractivity contribution in [1.29, 1.82) is 0 Å². The molecule has 3 aromatic rings. The summed E-state index contributed by atoms with van der Waals surface area (Å²) < 4.78 is 5.94. The molecule has 8 nitrogen and oxygen atoms in total. The molecule has 1 fully saturated rings. The second-order valence-electron chi connectivity index (χ2n) is 7.64. The topological polar surface area (TPSA) is 97.3 Å². The highest BCUT2D eigenvalue weighted by molar-refractivity contribution is 9.10. The summed E-state index contributed by atoms with van der Waals surface area (Å²) in [6, 6.07) is 11.6. The Labute approximate surface area is 200 Å². The van der Waals surface area contributed by atoms with E-state index in [0.717, 1.165) is 15.6 Å². The van der Waals surface area contributed by atoms with Gasteiger partial charge in [0.15, 0.2) is 0 Å². The third-order valence-corrected chi connectivity index (χ3v) is 6.15. The van der Waals surface area contributed by atoms with Gasteiger partial charge in [-0.05, 0) is 47.3 Å². The van der Waals surface area contributed by atoms with E-state index in [-0.39, 0.29) is 23.5 Å². The molecule has 1 aliphatic heterocycles. The third-order valence-electron chi connectivity index (χ3n) is 5.49. The van der Waals surface area contributed by atoms with E-state index in [0.29, 0.717) is 44.2 Å². The number of ether oxygens (including phenoxy) is 1. The number of anilines is 2. The van der Waals surface area contributed by atoms with E-state index in [9.17, 15) is 9.59 Å². The summed E-state index contributed by atoms with van der Waals surface area (Å²) >= 11 is 3.55. The van der Waals surface area contributed by atoms with Crippen molar-refractivity contribution in [2.45, 2.75) is 19.8 Å². The minimum absolute atomic E-state index is 0.0701. The van der Waals surface area contributed by atoms with Gasteiger partial charge in [0.2, 0.25) is 0 Å². The van der Waals surface area contributed by atoms with Crippen LogP contribution >= 0.6 is 15.9 Å². The molecule has 4 rings (SSSR count). The number of nitrogens with one attached hydrogen (secondary N) is 1. The summed E-state index contributed by atoms with van der Waals surface area (Å²) in [4.78, 5) is 39.6. The van der Waals surface area contributed by atoms with E-state index < -0.39 is 0 Å². The molecule has 0 aliphatic carbocycles. The quantitative estimate of drug-likeness (QED) is 0.493. The first-order valence-corrected chi connectivity index (χ1v) is 11.6. The molecule has 0 saturated carbocycles. The maximum atomic E-state index is 12.6. The number of benzene rings is 1. The van der Waals surface area contributed by atoms with Gasteiger partial charge in [0, 0.05) is 29.3 Å². The van der Waals surface area contributed by atoms with Crippen LogP contribution in [0.3, 0.4) is 0 Å². The molecule has 170 valence electrons. The lowest BCUT2D eigenvalue weighted by Gasteiger charge is -2.31. The standard InChI is InChI=1S/C24H24BrN5O3/c1-2-33-24(32)17-8-10-30(11-9-17)22-15-26-20(14-28-22)23(31)29-21-12-19(25)18(13-27-21)16-6-4-3-5-7-16/h3-7,12-15,17H,2,8-11H2,1H3,(H,27,29,31). The maximum absolute atomic E-state index is 12.6. The SMILES string of the molecule is CCOC(=O)C1CCN(c2cnc(C(=O)Nc3cc(Br)c(-c4ccccc4)cn3)cn2)CC1. The van der Waals surface area contributed by atoms with Crippen molar-refractivity contribution in [3.05, 3.63) is 65.2 Å². The summed E-state index contributed by atoms with van der Waals surface area (Å²) in [5.41, 5.74) is 2.16. The Kier molecular flexibility index (Phi) is 7.29. The molecular formula is C24H24BrN5O3. The number of aromatic nitrogens is 3. The minimum atomic E-state index is -0.387. The zero-order valence-corrected chi connectivity index (χ0v) is 19.8. The number of rotatable bonds is 6. The van der Waals surface area contributed by atoms with Crippen LogP contribution in [0, 0.1) is 5.92 Å². The van der Waals surface area contributed by atoms with E-state index >= 15 is 0 Å². The van der Waals surface area contributed by atoms with Crippen LogP contribution in [0.2, 0.25) is 0 Å². The molecule has 1 aromatic carbocycles. The second-order valence-corrected chi connectivity index (χ2v) is 8.50. The van der Waals surface area contributed by atoms with Gasteiger partial charge in [-0.15, -0.1) is 0 Å². The predicted octanol–water partition coefficient (Wildman–Crippen LogP) is 4.33. The van der Waals surface area contributed by atoms with Gasteiger partial charge in [0.25, 0.3) is 5.91 Å². The van der Waals surface area contributed by atoms with Crippen molar-refractivity contribution >= 4 is 39.4 Å². The molecule has 1 amide bonds. The van der Waals surface area contributed by atoms with Gasteiger partial charge >= 0.3 is 5.97 Å². The van der Waals surface area contributed by atoms with Gasteiger partial charge in [-0.1, -0.05) is 30.3 Å². The molecule has 2 aromatic heterocycles. The van der Waals surface area contributed by atoms with Crippen molar-refractivity contribution in [1.82, 2.24) is 15.0 Å². The average molecular weight is 510 g/mol. The number of piperidine rings is 1. The molecule has 1 saturated heterocycles. The molecule has 0 unspecified atom stereocenters. The molecule has 0 spiro atoms. The number of pyridine rings is 1. The molecule has 3 heterocycles. The lowest BCUT2D eigenvalue weighted by Crippen LogP contribution is -2.37. The molecule has 1 N–H and O–H groups in total. The predicted molar refractivity (Wildman–Crippen MR) is 129 cm³/mol. The number of esters is 1.